The van der Waals surface area contributed by atoms with Crippen LogP contribution >= 0.6 is 0 Å². The van der Waals surface area contributed by atoms with Gasteiger partial charge in [-0.1, -0.05) is 32.6 Å². The number of rotatable bonds is 6. The minimum atomic E-state index is -0.772. The number of carbonyl (C=O) groups is 2. The number of carbonyl (C=O) groups excluding carboxylic acids is 1. The molecule has 5 nitrogen and oxygen atoms in total. The van der Waals surface area contributed by atoms with Crippen LogP contribution in [0.4, 0.5) is 4.79 Å². The normalized spacial score (nSPS) is 22.9. The van der Waals surface area contributed by atoms with Crippen LogP contribution in [0.3, 0.4) is 0 Å². The summed E-state index contributed by atoms with van der Waals surface area (Å²) in [7, 11) is 0. The SMILES string of the molecule is CCC1(CNC(=O)NCC2(C(=O)O)CCCCC2)CCC1. The van der Waals surface area contributed by atoms with Crippen LogP contribution in [0.5, 0.6) is 0 Å². The summed E-state index contributed by atoms with van der Waals surface area (Å²) in [5.41, 5.74) is -0.471. The van der Waals surface area contributed by atoms with Crippen LogP contribution < -0.4 is 10.6 Å². The van der Waals surface area contributed by atoms with Gasteiger partial charge in [0.25, 0.3) is 0 Å². The highest BCUT2D eigenvalue weighted by molar-refractivity contribution is 5.78. The molecule has 2 aliphatic carbocycles. The van der Waals surface area contributed by atoms with Gasteiger partial charge in [0.2, 0.25) is 0 Å². The molecule has 2 amide bonds. The van der Waals surface area contributed by atoms with Gasteiger partial charge in [-0.2, -0.15) is 0 Å². The summed E-state index contributed by atoms with van der Waals surface area (Å²) in [4.78, 5) is 23.5. The van der Waals surface area contributed by atoms with Crippen LogP contribution in [0, 0.1) is 10.8 Å². The number of nitrogens with one attached hydrogen (secondary N) is 2. The Morgan fingerprint density at radius 1 is 0.952 bits per heavy atom. The average molecular weight is 296 g/mol. The van der Waals surface area contributed by atoms with Crippen molar-refractivity contribution < 1.29 is 14.7 Å². The molecule has 2 rings (SSSR count). The van der Waals surface area contributed by atoms with Crippen molar-refractivity contribution in [1.82, 2.24) is 10.6 Å². The van der Waals surface area contributed by atoms with E-state index in [9.17, 15) is 14.7 Å². The molecule has 0 aromatic carbocycles. The van der Waals surface area contributed by atoms with Crippen LogP contribution in [0.2, 0.25) is 0 Å². The zero-order valence-corrected chi connectivity index (χ0v) is 13.0. The highest BCUT2D eigenvalue weighted by atomic mass is 16.4. The Balaban J connectivity index is 1.78. The Hall–Kier alpha value is -1.26. The van der Waals surface area contributed by atoms with Crippen molar-refractivity contribution in [1.29, 1.82) is 0 Å². The predicted octanol–water partition coefficient (Wildman–Crippen LogP) is 2.90. The van der Waals surface area contributed by atoms with E-state index in [1.165, 1.54) is 19.3 Å². The molecular weight excluding hydrogens is 268 g/mol. The second-order valence-corrected chi connectivity index (χ2v) is 6.89. The fraction of sp³-hybridized carbons (Fsp3) is 0.875. The van der Waals surface area contributed by atoms with E-state index in [0.717, 1.165) is 25.7 Å². The molecule has 21 heavy (non-hydrogen) atoms. The first-order chi connectivity index (χ1) is 10.0. The van der Waals surface area contributed by atoms with Gasteiger partial charge in [-0.3, -0.25) is 4.79 Å². The largest absolute Gasteiger partial charge is 0.481 e. The van der Waals surface area contributed by atoms with Crippen molar-refractivity contribution in [2.45, 2.75) is 64.7 Å². The topological polar surface area (TPSA) is 78.4 Å². The molecule has 0 atom stereocenters. The van der Waals surface area contributed by atoms with Gasteiger partial charge in [-0.05, 0) is 37.5 Å². The monoisotopic (exact) mass is 296 g/mol. The zero-order chi connectivity index (χ0) is 15.3. The maximum absolute atomic E-state index is 11.9. The molecular formula is C16H28N2O3. The fourth-order valence-electron chi connectivity index (χ4n) is 3.61. The van der Waals surface area contributed by atoms with Gasteiger partial charge in [0.1, 0.15) is 0 Å². The van der Waals surface area contributed by atoms with Gasteiger partial charge in [-0.25, -0.2) is 4.79 Å². The third kappa shape index (κ3) is 3.69. The fourth-order valence-corrected chi connectivity index (χ4v) is 3.61. The summed E-state index contributed by atoms with van der Waals surface area (Å²) in [6, 6.07) is -0.221. The Morgan fingerprint density at radius 3 is 2.05 bits per heavy atom. The lowest BCUT2D eigenvalue weighted by atomic mass is 9.67. The number of carboxylic acids is 1. The van der Waals surface area contributed by atoms with E-state index in [4.69, 9.17) is 0 Å². The average Bonchev–Trinajstić information content (AvgIpc) is 2.45. The molecule has 2 fully saturated rings. The first-order valence-corrected chi connectivity index (χ1v) is 8.27. The maximum atomic E-state index is 11.9. The zero-order valence-electron chi connectivity index (χ0n) is 13.0. The summed E-state index contributed by atoms with van der Waals surface area (Å²) in [6.45, 7) is 3.11. The van der Waals surface area contributed by atoms with Crippen molar-refractivity contribution in [3.8, 4) is 0 Å². The summed E-state index contributed by atoms with van der Waals surface area (Å²) in [5, 5.41) is 15.2. The number of hydrogen-bond acceptors (Lipinski definition) is 2. The first kappa shape index (κ1) is 16.1. The Labute approximate surface area is 126 Å². The summed E-state index contributed by atoms with van der Waals surface area (Å²) in [5.74, 6) is -0.772. The molecule has 120 valence electrons. The predicted molar refractivity (Wildman–Crippen MR) is 81.1 cm³/mol. The summed E-state index contributed by atoms with van der Waals surface area (Å²) >= 11 is 0. The second-order valence-electron chi connectivity index (χ2n) is 6.89. The first-order valence-electron chi connectivity index (χ1n) is 8.27. The van der Waals surface area contributed by atoms with E-state index in [0.29, 0.717) is 19.4 Å². The van der Waals surface area contributed by atoms with Crippen molar-refractivity contribution >= 4 is 12.0 Å². The van der Waals surface area contributed by atoms with E-state index in [2.05, 4.69) is 17.6 Å². The molecule has 0 saturated heterocycles. The number of aliphatic carboxylic acids is 1. The van der Waals surface area contributed by atoms with Gasteiger partial charge in [0, 0.05) is 13.1 Å². The van der Waals surface area contributed by atoms with Crippen LogP contribution in [0.25, 0.3) is 0 Å². The second kappa shape index (κ2) is 6.67. The van der Waals surface area contributed by atoms with Crippen molar-refractivity contribution in [2.24, 2.45) is 10.8 Å². The third-order valence-electron chi connectivity index (χ3n) is 5.64. The Morgan fingerprint density at radius 2 is 1.57 bits per heavy atom. The molecule has 5 heteroatoms. The number of hydrogen-bond donors (Lipinski definition) is 3. The molecule has 0 spiro atoms. The van der Waals surface area contributed by atoms with Gasteiger partial charge in [-0.15, -0.1) is 0 Å². The molecule has 0 radical (unpaired) electrons. The van der Waals surface area contributed by atoms with Crippen LogP contribution in [-0.4, -0.2) is 30.2 Å². The molecule has 2 aliphatic rings. The number of carboxylic acid groups (broad SMARTS) is 1. The van der Waals surface area contributed by atoms with E-state index in [-0.39, 0.29) is 18.0 Å². The Bertz CT molecular complexity index is 379. The van der Waals surface area contributed by atoms with Gasteiger partial charge >= 0.3 is 12.0 Å². The maximum Gasteiger partial charge on any atom is 0.314 e. The lowest BCUT2D eigenvalue weighted by Gasteiger charge is -2.41. The van der Waals surface area contributed by atoms with E-state index in [1.54, 1.807) is 0 Å². The highest BCUT2D eigenvalue weighted by Crippen LogP contribution is 2.43. The molecule has 0 heterocycles. The lowest BCUT2D eigenvalue weighted by molar-refractivity contribution is -0.150. The van der Waals surface area contributed by atoms with Crippen molar-refractivity contribution in [3.05, 3.63) is 0 Å². The van der Waals surface area contributed by atoms with E-state index in [1.807, 2.05) is 0 Å². The summed E-state index contributed by atoms with van der Waals surface area (Å²) < 4.78 is 0. The molecule has 0 bridgehead atoms. The Kier molecular flexibility index (Phi) is 5.12. The quantitative estimate of drug-likeness (QED) is 0.705. The number of amides is 2. The van der Waals surface area contributed by atoms with Crippen molar-refractivity contribution in [3.63, 3.8) is 0 Å². The lowest BCUT2D eigenvalue weighted by Crippen LogP contribution is -2.50. The highest BCUT2D eigenvalue weighted by Gasteiger charge is 2.40. The van der Waals surface area contributed by atoms with Crippen LogP contribution in [0.15, 0.2) is 0 Å². The molecule has 2 saturated carbocycles. The van der Waals surface area contributed by atoms with Gasteiger partial charge in [0.05, 0.1) is 5.41 Å². The minimum absolute atomic E-state index is 0.221. The van der Waals surface area contributed by atoms with Gasteiger partial charge in [0.15, 0.2) is 0 Å². The molecule has 0 unspecified atom stereocenters. The van der Waals surface area contributed by atoms with Crippen LogP contribution in [-0.2, 0) is 4.79 Å². The standard InChI is InChI=1S/C16H28N2O3/c1-2-15(7-6-8-15)11-17-14(21)18-12-16(13(19)20)9-4-3-5-10-16/h2-12H2,1H3,(H,19,20)(H2,17,18,21). The van der Waals surface area contributed by atoms with Crippen molar-refractivity contribution in [2.75, 3.05) is 13.1 Å². The molecule has 0 aromatic rings. The van der Waals surface area contributed by atoms with Crippen LogP contribution in [0.1, 0.15) is 64.7 Å². The molecule has 0 aromatic heterocycles. The molecule has 0 aliphatic heterocycles. The molecule has 3 N–H and O–H groups in total. The smallest absolute Gasteiger partial charge is 0.314 e. The summed E-state index contributed by atoms with van der Waals surface area (Å²) in [6.07, 6.45) is 9.02. The van der Waals surface area contributed by atoms with Gasteiger partial charge < -0.3 is 15.7 Å². The van der Waals surface area contributed by atoms with E-state index < -0.39 is 11.4 Å². The number of urea groups is 1. The third-order valence-corrected chi connectivity index (χ3v) is 5.64. The minimum Gasteiger partial charge on any atom is -0.481 e. The van der Waals surface area contributed by atoms with E-state index >= 15 is 0 Å².